The Morgan fingerprint density at radius 2 is 1.92 bits per heavy atom. The molecule has 1 fully saturated rings. The van der Waals surface area contributed by atoms with Crippen molar-refractivity contribution in [3.05, 3.63) is 40.4 Å². The third kappa shape index (κ3) is 3.82. The highest BCUT2D eigenvalue weighted by molar-refractivity contribution is 8.04. The van der Waals surface area contributed by atoms with E-state index < -0.39 is 11.7 Å². The summed E-state index contributed by atoms with van der Waals surface area (Å²) in [6.45, 7) is 1.87. The Morgan fingerprint density at radius 1 is 1.24 bits per heavy atom. The van der Waals surface area contributed by atoms with Crippen LogP contribution in [0.2, 0.25) is 0 Å². The van der Waals surface area contributed by atoms with Crippen molar-refractivity contribution in [2.45, 2.75) is 6.18 Å². The number of alkyl halides is 3. The average Bonchev–Trinajstić information content (AvgIpc) is 2.95. The van der Waals surface area contributed by atoms with Crippen LogP contribution >= 0.6 is 11.8 Å². The van der Waals surface area contributed by atoms with E-state index in [9.17, 15) is 18.0 Å². The lowest BCUT2D eigenvalue weighted by Crippen LogP contribution is -2.42. The second kappa shape index (κ2) is 7.09. The highest BCUT2D eigenvalue weighted by atomic mass is 32.2. The molecule has 0 atom stereocenters. The van der Waals surface area contributed by atoms with E-state index in [1.54, 1.807) is 4.90 Å². The molecule has 9 heteroatoms. The molecule has 1 aromatic carbocycles. The van der Waals surface area contributed by atoms with Gasteiger partial charge in [0.25, 0.3) is 0 Å². The number of rotatable bonds is 3. The van der Waals surface area contributed by atoms with Crippen LogP contribution in [0.3, 0.4) is 0 Å². The minimum Gasteiger partial charge on any atom is -0.378 e. The summed E-state index contributed by atoms with van der Waals surface area (Å²) < 4.78 is 44.7. The van der Waals surface area contributed by atoms with E-state index in [0.717, 1.165) is 17.8 Å². The fourth-order valence-corrected chi connectivity index (χ4v) is 3.61. The van der Waals surface area contributed by atoms with Crippen LogP contribution in [-0.2, 0) is 15.7 Å². The van der Waals surface area contributed by atoms with Gasteiger partial charge in [0, 0.05) is 13.1 Å². The van der Waals surface area contributed by atoms with E-state index in [1.807, 2.05) is 0 Å². The molecule has 2 aliphatic heterocycles. The number of thioether (sulfide) groups is 1. The molecule has 0 unspecified atom stereocenters. The molecule has 2 aliphatic rings. The Labute approximate surface area is 146 Å². The molecule has 0 amide bonds. The van der Waals surface area contributed by atoms with Crippen molar-refractivity contribution in [3.63, 3.8) is 0 Å². The summed E-state index contributed by atoms with van der Waals surface area (Å²) in [6, 6.07) is 5.10. The molecule has 1 aromatic rings. The Morgan fingerprint density at radius 3 is 2.60 bits per heavy atom. The van der Waals surface area contributed by atoms with Gasteiger partial charge < -0.3 is 15.0 Å². The second-order valence-electron chi connectivity index (χ2n) is 5.53. The first-order valence-electron chi connectivity index (χ1n) is 7.63. The SMILES string of the molecule is N=C(C1=C(Nc2ccccc2C(F)(F)F)SCC1=O)N1CCOCC1. The molecule has 3 rings (SSSR count). The van der Waals surface area contributed by atoms with Crippen molar-refractivity contribution >= 4 is 29.1 Å². The second-order valence-corrected chi connectivity index (χ2v) is 6.52. The Balaban J connectivity index is 1.91. The number of amidine groups is 1. The molecule has 0 bridgehead atoms. The lowest BCUT2D eigenvalue weighted by molar-refractivity contribution is -0.136. The number of halogens is 3. The van der Waals surface area contributed by atoms with Gasteiger partial charge in [0.05, 0.1) is 40.8 Å². The molecule has 0 saturated carbocycles. The van der Waals surface area contributed by atoms with Crippen LogP contribution in [0.4, 0.5) is 18.9 Å². The Bertz CT molecular complexity index is 728. The summed E-state index contributed by atoms with van der Waals surface area (Å²) in [5.41, 5.74) is -0.789. The lowest BCUT2D eigenvalue weighted by atomic mass is 10.1. The molecular formula is C16H16F3N3O2S. The topological polar surface area (TPSA) is 65.4 Å². The predicted molar refractivity (Wildman–Crippen MR) is 89.7 cm³/mol. The van der Waals surface area contributed by atoms with Crippen molar-refractivity contribution < 1.29 is 22.7 Å². The summed E-state index contributed by atoms with van der Waals surface area (Å²) in [6.07, 6.45) is -4.50. The number of ketones is 1. The number of nitrogens with zero attached hydrogens (tertiary/aromatic N) is 1. The number of benzene rings is 1. The van der Waals surface area contributed by atoms with Gasteiger partial charge in [-0.15, -0.1) is 0 Å². The number of para-hydroxylation sites is 1. The number of ether oxygens (including phenoxy) is 1. The maximum Gasteiger partial charge on any atom is 0.418 e. The first kappa shape index (κ1) is 17.8. The normalized spacial score (nSPS) is 18.7. The molecule has 25 heavy (non-hydrogen) atoms. The smallest absolute Gasteiger partial charge is 0.378 e. The van der Waals surface area contributed by atoms with Crippen LogP contribution in [0.15, 0.2) is 34.9 Å². The van der Waals surface area contributed by atoms with Gasteiger partial charge in [-0.05, 0) is 12.1 Å². The van der Waals surface area contributed by atoms with Crippen molar-refractivity contribution in [1.29, 1.82) is 5.41 Å². The Kier molecular flexibility index (Phi) is 5.05. The summed E-state index contributed by atoms with van der Waals surface area (Å²) in [7, 11) is 0. The van der Waals surface area contributed by atoms with E-state index in [4.69, 9.17) is 10.1 Å². The van der Waals surface area contributed by atoms with Crippen molar-refractivity contribution in [2.24, 2.45) is 0 Å². The number of Topliss-reactive ketones (excluding diaryl/α,β-unsaturated/α-hetero) is 1. The highest BCUT2D eigenvalue weighted by Gasteiger charge is 2.35. The maximum atomic E-state index is 13.2. The van der Waals surface area contributed by atoms with Crippen LogP contribution in [0.5, 0.6) is 0 Å². The number of carbonyl (C=O) groups excluding carboxylic acids is 1. The minimum absolute atomic E-state index is 0.0327. The van der Waals surface area contributed by atoms with Crippen LogP contribution in [-0.4, -0.2) is 48.6 Å². The molecule has 0 radical (unpaired) electrons. The average molecular weight is 371 g/mol. The third-order valence-electron chi connectivity index (χ3n) is 3.90. The minimum atomic E-state index is -4.50. The van der Waals surface area contributed by atoms with Gasteiger partial charge >= 0.3 is 6.18 Å². The first-order chi connectivity index (χ1) is 11.9. The summed E-state index contributed by atoms with van der Waals surface area (Å²) >= 11 is 1.12. The number of carbonyl (C=O) groups is 1. The first-order valence-corrected chi connectivity index (χ1v) is 8.61. The van der Waals surface area contributed by atoms with E-state index in [2.05, 4.69) is 5.32 Å². The summed E-state index contributed by atoms with van der Waals surface area (Å²) in [5, 5.41) is 11.3. The van der Waals surface area contributed by atoms with Crippen molar-refractivity contribution in [3.8, 4) is 0 Å². The largest absolute Gasteiger partial charge is 0.418 e. The highest BCUT2D eigenvalue weighted by Crippen LogP contribution is 2.38. The standard InChI is InChI=1S/C16H16F3N3O2S/c17-16(18,19)10-3-1-2-4-11(10)21-15-13(12(23)9-25-15)14(20)22-5-7-24-8-6-22/h1-4,20-21H,5-9H2. The molecule has 134 valence electrons. The molecule has 1 saturated heterocycles. The number of hydrogen-bond acceptors (Lipinski definition) is 5. The molecule has 0 aliphatic carbocycles. The zero-order chi connectivity index (χ0) is 18.0. The molecular weight excluding hydrogens is 355 g/mol. The fourth-order valence-electron chi connectivity index (χ4n) is 2.65. The lowest BCUT2D eigenvalue weighted by Gasteiger charge is -2.29. The van der Waals surface area contributed by atoms with Gasteiger partial charge in [-0.3, -0.25) is 10.2 Å². The zero-order valence-electron chi connectivity index (χ0n) is 13.2. The van der Waals surface area contributed by atoms with Gasteiger partial charge in [0.15, 0.2) is 5.78 Å². The number of morpholine rings is 1. The number of hydrogen-bond donors (Lipinski definition) is 2. The molecule has 5 nitrogen and oxygen atoms in total. The van der Waals surface area contributed by atoms with Crippen molar-refractivity contribution in [2.75, 3.05) is 37.4 Å². The van der Waals surface area contributed by atoms with Crippen LogP contribution in [0.1, 0.15) is 5.56 Å². The number of anilines is 1. The molecule has 2 heterocycles. The van der Waals surface area contributed by atoms with Gasteiger partial charge in [-0.1, -0.05) is 23.9 Å². The Hall–Kier alpha value is -2.00. The molecule has 0 spiro atoms. The van der Waals surface area contributed by atoms with Gasteiger partial charge in [0.1, 0.15) is 5.84 Å². The quantitative estimate of drug-likeness (QED) is 0.632. The van der Waals surface area contributed by atoms with Gasteiger partial charge in [-0.25, -0.2) is 0 Å². The number of nitrogens with one attached hydrogen (secondary N) is 2. The zero-order valence-corrected chi connectivity index (χ0v) is 14.0. The van der Waals surface area contributed by atoms with E-state index >= 15 is 0 Å². The van der Waals surface area contributed by atoms with E-state index in [1.165, 1.54) is 18.2 Å². The van der Waals surface area contributed by atoms with Gasteiger partial charge in [-0.2, -0.15) is 13.2 Å². The maximum absolute atomic E-state index is 13.2. The molecule has 2 N–H and O–H groups in total. The van der Waals surface area contributed by atoms with Crippen LogP contribution in [0.25, 0.3) is 0 Å². The van der Waals surface area contributed by atoms with Gasteiger partial charge in [0.2, 0.25) is 0 Å². The van der Waals surface area contributed by atoms with Crippen molar-refractivity contribution in [1.82, 2.24) is 4.90 Å². The van der Waals surface area contributed by atoms with E-state index in [-0.39, 0.29) is 33.7 Å². The van der Waals surface area contributed by atoms with E-state index in [0.29, 0.717) is 26.3 Å². The monoisotopic (exact) mass is 371 g/mol. The van der Waals surface area contributed by atoms with Crippen LogP contribution < -0.4 is 5.32 Å². The predicted octanol–water partition coefficient (Wildman–Crippen LogP) is 2.95. The third-order valence-corrected chi connectivity index (χ3v) is 4.90. The fraction of sp³-hybridized carbons (Fsp3) is 0.375. The van der Waals surface area contributed by atoms with Crippen LogP contribution in [0, 0.1) is 5.41 Å². The summed E-state index contributed by atoms with van der Waals surface area (Å²) in [5.74, 6) is -0.114. The molecule has 0 aromatic heterocycles. The summed E-state index contributed by atoms with van der Waals surface area (Å²) in [4.78, 5) is 13.9.